The topological polar surface area (TPSA) is 66.9 Å². The molecule has 3 nitrogen and oxygen atoms in total. The largest absolute Gasteiger partial charge is 0.366 e. The molecule has 1 rings (SSSR count). The molecule has 0 fully saturated rings. The molecule has 1 unspecified atom stereocenters. The predicted octanol–water partition coefficient (Wildman–Crippen LogP) is 1.14. The Bertz CT molecular complexity index is 281. The Kier molecular flexibility index (Phi) is 2.81. The number of halogens is 1. The van der Waals surface area contributed by atoms with Gasteiger partial charge in [0.2, 0.25) is 0 Å². The van der Waals surface area contributed by atoms with Gasteiger partial charge in [-0.05, 0) is 12.5 Å². The molecule has 4 heteroatoms. The Morgan fingerprint density at radius 2 is 2.42 bits per heavy atom. The van der Waals surface area contributed by atoms with Crippen molar-refractivity contribution in [3.63, 3.8) is 0 Å². The van der Waals surface area contributed by atoms with Gasteiger partial charge in [-0.2, -0.15) is 0 Å². The first-order valence-corrected chi connectivity index (χ1v) is 4.44. The second kappa shape index (κ2) is 3.67. The van der Waals surface area contributed by atoms with Gasteiger partial charge in [-0.15, -0.1) is 0 Å². The van der Waals surface area contributed by atoms with Gasteiger partial charge in [0.15, 0.2) is 0 Å². The van der Waals surface area contributed by atoms with Crippen molar-refractivity contribution in [1.29, 1.82) is 5.41 Å². The molecule has 64 valence electrons. The van der Waals surface area contributed by atoms with Crippen LogP contribution in [0.5, 0.6) is 0 Å². The fourth-order valence-corrected chi connectivity index (χ4v) is 1.28. The highest BCUT2D eigenvalue weighted by atomic mass is 79.9. The maximum Gasteiger partial charge on any atom is 0.250 e. The van der Waals surface area contributed by atoms with Gasteiger partial charge in [0.1, 0.15) is 0 Å². The maximum absolute atomic E-state index is 10.8. The summed E-state index contributed by atoms with van der Waals surface area (Å²) in [6, 6.07) is 0. The van der Waals surface area contributed by atoms with Gasteiger partial charge in [-0.3, -0.25) is 4.79 Å². The van der Waals surface area contributed by atoms with Gasteiger partial charge in [-0.25, -0.2) is 0 Å². The van der Waals surface area contributed by atoms with Crippen LogP contribution in [0.4, 0.5) is 0 Å². The highest BCUT2D eigenvalue weighted by Gasteiger charge is 2.12. The molecular weight excluding hydrogens is 220 g/mol. The number of allylic oxidation sites excluding steroid dienone is 3. The summed E-state index contributed by atoms with van der Waals surface area (Å²) in [5.41, 5.74) is 5.56. The Balaban J connectivity index is 2.93. The van der Waals surface area contributed by atoms with Crippen molar-refractivity contribution < 1.29 is 4.79 Å². The average molecular weight is 229 g/mol. The van der Waals surface area contributed by atoms with Gasteiger partial charge in [0.25, 0.3) is 5.91 Å². The highest BCUT2D eigenvalue weighted by molar-refractivity contribution is 9.09. The first-order chi connectivity index (χ1) is 5.61. The number of amides is 1. The third-order valence-corrected chi connectivity index (χ3v) is 2.25. The van der Waals surface area contributed by atoms with Gasteiger partial charge in [0, 0.05) is 4.83 Å². The Morgan fingerprint density at radius 3 is 3.00 bits per heavy atom. The molecule has 0 heterocycles. The normalized spacial score (nSPS) is 23.2. The van der Waals surface area contributed by atoms with E-state index >= 15 is 0 Å². The minimum Gasteiger partial charge on any atom is -0.366 e. The summed E-state index contributed by atoms with van der Waals surface area (Å²) in [6.07, 6.45) is 5.79. The van der Waals surface area contributed by atoms with Crippen LogP contribution >= 0.6 is 15.9 Å². The van der Waals surface area contributed by atoms with Crippen LogP contribution in [0.25, 0.3) is 0 Å². The van der Waals surface area contributed by atoms with E-state index in [1.165, 1.54) is 0 Å². The molecule has 1 amide bonds. The summed E-state index contributed by atoms with van der Waals surface area (Å²) < 4.78 is 0. The van der Waals surface area contributed by atoms with E-state index in [1.807, 2.05) is 6.08 Å². The number of nitrogens with one attached hydrogen (secondary N) is 1. The zero-order valence-electron chi connectivity index (χ0n) is 6.38. The van der Waals surface area contributed by atoms with Crippen molar-refractivity contribution in [3.05, 3.63) is 23.8 Å². The lowest BCUT2D eigenvalue weighted by molar-refractivity contribution is -0.114. The van der Waals surface area contributed by atoms with Crippen LogP contribution in [0.3, 0.4) is 0 Å². The van der Waals surface area contributed by atoms with Crippen LogP contribution < -0.4 is 5.73 Å². The molecule has 0 aromatic carbocycles. The summed E-state index contributed by atoms with van der Waals surface area (Å²) in [4.78, 5) is 11.0. The molecule has 1 aliphatic carbocycles. The van der Waals surface area contributed by atoms with Gasteiger partial charge in [-0.1, -0.05) is 28.1 Å². The SMILES string of the molecule is N=C1C=CC(Br)CC=C1C(N)=O. The molecule has 0 saturated carbocycles. The molecule has 12 heavy (non-hydrogen) atoms. The van der Waals surface area contributed by atoms with E-state index in [9.17, 15) is 4.79 Å². The molecule has 0 aromatic rings. The minimum absolute atomic E-state index is 0.185. The number of rotatable bonds is 1. The van der Waals surface area contributed by atoms with Crippen LogP contribution in [0, 0.1) is 5.41 Å². The molecule has 3 N–H and O–H groups in total. The molecule has 0 spiro atoms. The maximum atomic E-state index is 10.8. The van der Waals surface area contributed by atoms with E-state index in [2.05, 4.69) is 15.9 Å². The minimum atomic E-state index is -0.536. The quantitative estimate of drug-likeness (QED) is 0.650. The summed E-state index contributed by atoms with van der Waals surface area (Å²) in [7, 11) is 0. The fraction of sp³-hybridized carbons (Fsp3) is 0.250. The lowest BCUT2D eigenvalue weighted by Crippen LogP contribution is -2.18. The Hall–Kier alpha value is -0.900. The van der Waals surface area contributed by atoms with E-state index in [4.69, 9.17) is 11.1 Å². The number of carbonyl (C=O) groups excluding carboxylic acids is 1. The predicted molar refractivity (Wildman–Crippen MR) is 51.5 cm³/mol. The van der Waals surface area contributed by atoms with E-state index in [0.29, 0.717) is 12.0 Å². The van der Waals surface area contributed by atoms with Crippen LogP contribution in [-0.4, -0.2) is 16.4 Å². The lowest BCUT2D eigenvalue weighted by atomic mass is 10.1. The van der Waals surface area contributed by atoms with Crippen molar-refractivity contribution in [1.82, 2.24) is 0 Å². The van der Waals surface area contributed by atoms with E-state index in [0.717, 1.165) is 0 Å². The molecule has 1 aliphatic rings. The zero-order valence-corrected chi connectivity index (χ0v) is 7.97. The molecule has 0 bridgehead atoms. The second-order valence-electron chi connectivity index (χ2n) is 2.51. The molecule has 1 atom stereocenters. The van der Waals surface area contributed by atoms with E-state index < -0.39 is 5.91 Å². The number of alkyl halides is 1. The number of carbonyl (C=O) groups is 1. The van der Waals surface area contributed by atoms with Crippen LogP contribution in [0.1, 0.15) is 6.42 Å². The monoisotopic (exact) mass is 228 g/mol. The molecular formula is C8H9BrN2O. The van der Waals surface area contributed by atoms with Crippen molar-refractivity contribution >= 4 is 27.5 Å². The van der Waals surface area contributed by atoms with Crippen molar-refractivity contribution in [2.24, 2.45) is 5.73 Å². The van der Waals surface area contributed by atoms with Crippen LogP contribution in [0.15, 0.2) is 23.8 Å². The molecule has 0 radical (unpaired) electrons. The second-order valence-corrected chi connectivity index (χ2v) is 3.68. The van der Waals surface area contributed by atoms with Crippen molar-refractivity contribution in [2.75, 3.05) is 0 Å². The first-order valence-electron chi connectivity index (χ1n) is 3.52. The molecule has 0 saturated heterocycles. The fourth-order valence-electron chi connectivity index (χ4n) is 0.943. The van der Waals surface area contributed by atoms with E-state index in [1.54, 1.807) is 12.2 Å². The molecule has 0 aromatic heterocycles. The Morgan fingerprint density at radius 1 is 1.75 bits per heavy atom. The van der Waals surface area contributed by atoms with Crippen LogP contribution in [0.2, 0.25) is 0 Å². The zero-order chi connectivity index (χ0) is 9.14. The average Bonchev–Trinajstić information content (AvgIpc) is 2.14. The number of primary amides is 1. The summed E-state index contributed by atoms with van der Waals surface area (Å²) >= 11 is 3.36. The van der Waals surface area contributed by atoms with Crippen LogP contribution in [-0.2, 0) is 4.79 Å². The standard InChI is InChI=1S/C8H9BrN2O/c9-5-1-3-6(8(11)12)7(10)4-2-5/h2-5,10H,1H2,(H2,11,12). The van der Waals surface area contributed by atoms with Gasteiger partial charge in [0.05, 0.1) is 11.3 Å². The van der Waals surface area contributed by atoms with Gasteiger partial charge < -0.3 is 11.1 Å². The highest BCUT2D eigenvalue weighted by Crippen LogP contribution is 2.14. The molecule has 0 aliphatic heterocycles. The number of hydrogen-bond acceptors (Lipinski definition) is 2. The summed E-state index contributed by atoms with van der Waals surface area (Å²) in [6.45, 7) is 0. The summed E-state index contributed by atoms with van der Waals surface area (Å²) in [5.74, 6) is -0.536. The third-order valence-electron chi connectivity index (χ3n) is 1.57. The van der Waals surface area contributed by atoms with Crippen molar-refractivity contribution in [3.8, 4) is 0 Å². The Labute approximate surface area is 79.0 Å². The van der Waals surface area contributed by atoms with Gasteiger partial charge >= 0.3 is 0 Å². The summed E-state index contributed by atoms with van der Waals surface area (Å²) in [5, 5.41) is 7.43. The van der Waals surface area contributed by atoms with Crippen molar-refractivity contribution in [2.45, 2.75) is 11.2 Å². The lowest BCUT2D eigenvalue weighted by Gasteiger charge is -1.97. The van der Waals surface area contributed by atoms with E-state index in [-0.39, 0.29) is 10.5 Å². The number of nitrogens with two attached hydrogens (primary N) is 1. The first kappa shape index (κ1) is 9.19. The smallest absolute Gasteiger partial charge is 0.250 e. The number of hydrogen-bond donors (Lipinski definition) is 2. The third kappa shape index (κ3) is 2.04.